The monoisotopic (exact) mass is 390 g/mol. The summed E-state index contributed by atoms with van der Waals surface area (Å²) in [6, 6.07) is 14.3. The maximum atomic E-state index is 13.2. The molecule has 0 saturated heterocycles. The molecule has 0 heterocycles. The van der Waals surface area contributed by atoms with Gasteiger partial charge < -0.3 is 9.84 Å². The van der Waals surface area contributed by atoms with Crippen molar-refractivity contribution < 1.29 is 23.0 Å². The molecule has 1 atom stereocenters. The van der Waals surface area contributed by atoms with E-state index < -0.39 is 17.8 Å². The third-order valence-corrected chi connectivity index (χ3v) is 4.63. The van der Waals surface area contributed by atoms with Gasteiger partial charge in [0.1, 0.15) is 18.5 Å². The number of aliphatic hydroxyl groups is 1. The van der Waals surface area contributed by atoms with Gasteiger partial charge in [-0.25, -0.2) is 0 Å². The lowest BCUT2D eigenvalue weighted by Gasteiger charge is -2.26. The quantitative estimate of drug-likeness (QED) is 0.741. The molecule has 1 fully saturated rings. The Balaban J connectivity index is 1.60. The number of halogens is 3. The zero-order valence-corrected chi connectivity index (χ0v) is 15.2. The molecule has 1 aliphatic rings. The molecule has 2 aromatic carbocycles. The van der Waals surface area contributed by atoms with Crippen molar-refractivity contribution in [3.05, 3.63) is 65.2 Å². The molecule has 0 aliphatic heterocycles. The van der Waals surface area contributed by atoms with Crippen molar-refractivity contribution in [3.63, 3.8) is 0 Å². The molecule has 0 aromatic heterocycles. The zero-order chi connectivity index (χ0) is 20.1. The first-order valence-corrected chi connectivity index (χ1v) is 9.07. The Hall–Kier alpha value is -2.56. The maximum absolute atomic E-state index is 13.2. The zero-order valence-electron chi connectivity index (χ0n) is 15.2. The molecule has 1 saturated carbocycles. The van der Waals surface area contributed by atoms with Gasteiger partial charge in [-0.3, -0.25) is 4.90 Å². The van der Waals surface area contributed by atoms with Crippen LogP contribution in [0.4, 0.5) is 13.2 Å². The first-order chi connectivity index (χ1) is 13.4. The van der Waals surface area contributed by atoms with E-state index in [9.17, 15) is 18.3 Å². The molecule has 0 bridgehead atoms. The van der Waals surface area contributed by atoms with Crippen LogP contribution in [0, 0.1) is 11.3 Å². The molecule has 1 aliphatic carbocycles. The van der Waals surface area contributed by atoms with E-state index in [1.807, 2.05) is 11.0 Å². The van der Waals surface area contributed by atoms with Crippen LogP contribution in [-0.4, -0.2) is 35.3 Å². The molecule has 2 aromatic rings. The number of alkyl halides is 3. The van der Waals surface area contributed by atoms with Crippen molar-refractivity contribution in [1.82, 2.24) is 4.90 Å². The highest BCUT2D eigenvalue weighted by atomic mass is 19.4. The fourth-order valence-corrected chi connectivity index (χ4v) is 3.08. The van der Waals surface area contributed by atoms with Gasteiger partial charge in [-0.2, -0.15) is 18.4 Å². The highest BCUT2D eigenvalue weighted by Crippen LogP contribution is 2.34. The van der Waals surface area contributed by atoms with E-state index >= 15 is 0 Å². The molecule has 0 radical (unpaired) electrons. The molecule has 4 nitrogen and oxygen atoms in total. The molecule has 0 unspecified atom stereocenters. The Labute approximate surface area is 161 Å². The Morgan fingerprint density at radius 3 is 2.43 bits per heavy atom. The lowest BCUT2D eigenvalue weighted by Crippen LogP contribution is -2.37. The Morgan fingerprint density at radius 2 is 1.82 bits per heavy atom. The van der Waals surface area contributed by atoms with Crippen molar-refractivity contribution in [3.8, 4) is 11.8 Å². The van der Waals surface area contributed by atoms with E-state index in [-0.39, 0.29) is 31.3 Å². The second-order valence-electron chi connectivity index (χ2n) is 6.92. The standard InChI is InChI=1S/C21H21F3N2O2/c22-21(23,24)20-4-2-1-3-16(20)12-26(17-7-8-17)13-18(27)14-28-19-9-5-15(11-25)6-10-19/h1-6,9-10,17-18,27H,7-8,12-14H2/t18-/m0/s1. The highest BCUT2D eigenvalue weighted by Gasteiger charge is 2.35. The third kappa shape index (κ3) is 5.47. The first-order valence-electron chi connectivity index (χ1n) is 9.07. The lowest BCUT2D eigenvalue weighted by atomic mass is 10.1. The second-order valence-corrected chi connectivity index (χ2v) is 6.92. The van der Waals surface area contributed by atoms with Gasteiger partial charge in [-0.05, 0) is 48.7 Å². The van der Waals surface area contributed by atoms with Gasteiger partial charge in [-0.1, -0.05) is 18.2 Å². The summed E-state index contributed by atoms with van der Waals surface area (Å²) >= 11 is 0. The molecule has 3 rings (SSSR count). The summed E-state index contributed by atoms with van der Waals surface area (Å²) < 4.78 is 45.2. The van der Waals surface area contributed by atoms with Crippen molar-refractivity contribution in [2.45, 2.75) is 37.7 Å². The SMILES string of the molecule is N#Cc1ccc(OC[C@@H](O)CN(Cc2ccccc2C(F)(F)F)C2CC2)cc1. The van der Waals surface area contributed by atoms with Crippen molar-refractivity contribution in [2.24, 2.45) is 0 Å². The minimum atomic E-state index is -4.40. The average Bonchev–Trinajstić information content (AvgIpc) is 3.51. The maximum Gasteiger partial charge on any atom is 0.416 e. The Kier molecular flexibility index (Phi) is 6.22. The van der Waals surface area contributed by atoms with Gasteiger partial charge in [-0.15, -0.1) is 0 Å². The fraction of sp³-hybridized carbons (Fsp3) is 0.381. The van der Waals surface area contributed by atoms with Crippen LogP contribution in [-0.2, 0) is 12.7 Å². The van der Waals surface area contributed by atoms with E-state index in [1.165, 1.54) is 12.1 Å². The number of hydrogen-bond donors (Lipinski definition) is 1. The van der Waals surface area contributed by atoms with Crippen LogP contribution in [0.15, 0.2) is 48.5 Å². The Morgan fingerprint density at radius 1 is 1.14 bits per heavy atom. The highest BCUT2D eigenvalue weighted by molar-refractivity contribution is 5.34. The Bertz CT molecular complexity index is 827. The molecular weight excluding hydrogens is 369 g/mol. The van der Waals surface area contributed by atoms with Gasteiger partial charge in [0, 0.05) is 19.1 Å². The molecule has 148 valence electrons. The number of nitrogens with zero attached hydrogens (tertiary/aromatic N) is 2. The third-order valence-electron chi connectivity index (χ3n) is 4.63. The molecular formula is C21H21F3N2O2. The van der Waals surface area contributed by atoms with E-state index in [0.717, 1.165) is 18.9 Å². The number of ether oxygens (including phenoxy) is 1. The second kappa shape index (κ2) is 8.63. The molecule has 28 heavy (non-hydrogen) atoms. The molecule has 7 heteroatoms. The van der Waals surface area contributed by atoms with Crippen LogP contribution in [0.2, 0.25) is 0 Å². The van der Waals surface area contributed by atoms with Crippen LogP contribution in [0.3, 0.4) is 0 Å². The number of nitriles is 1. The average molecular weight is 390 g/mol. The summed E-state index contributed by atoms with van der Waals surface area (Å²) in [4.78, 5) is 1.89. The van der Waals surface area contributed by atoms with Gasteiger partial charge in [0.15, 0.2) is 0 Å². The van der Waals surface area contributed by atoms with Gasteiger partial charge in [0.2, 0.25) is 0 Å². The van der Waals surface area contributed by atoms with E-state index in [1.54, 1.807) is 30.3 Å². The number of rotatable bonds is 8. The number of aliphatic hydroxyl groups excluding tert-OH is 1. The number of benzene rings is 2. The van der Waals surface area contributed by atoms with Crippen LogP contribution >= 0.6 is 0 Å². The minimum Gasteiger partial charge on any atom is -0.491 e. The number of hydrogen-bond acceptors (Lipinski definition) is 4. The van der Waals surface area contributed by atoms with E-state index in [2.05, 4.69) is 0 Å². The summed E-state index contributed by atoms with van der Waals surface area (Å²) in [6.45, 7) is 0.386. The largest absolute Gasteiger partial charge is 0.491 e. The lowest BCUT2D eigenvalue weighted by molar-refractivity contribution is -0.138. The normalized spacial score (nSPS) is 15.3. The van der Waals surface area contributed by atoms with Crippen LogP contribution in [0.5, 0.6) is 5.75 Å². The smallest absolute Gasteiger partial charge is 0.416 e. The van der Waals surface area contributed by atoms with E-state index in [0.29, 0.717) is 11.3 Å². The summed E-state index contributed by atoms with van der Waals surface area (Å²) in [6.07, 6.45) is -3.41. The van der Waals surface area contributed by atoms with Crippen molar-refractivity contribution >= 4 is 0 Å². The van der Waals surface area contributed by atoms with Crippen molar-refractivity contribution in [2.75, 3.05) is 13.2 Å². The van der Waals surface area contributed by atoms with Gasteiger partial charge >= 0.3 is 6.18 Å². The summed E-state index contributed by atoms with van der Waals surface area (Å²) in [7, 11) is 0. The fourth-order valence-electron chi connectivity index (χ4n) is 3.08. The first kappa shape index (κ1) is 20.2. The molecule has 1 N–H and O–H groups in total. The predicted octanol–water partition coefficient (Wildman–Crippen LogP) is 3.98. The predicted molar refractivity (Wildman–Crippen MR) is 97.5 cm³/mol. The summed E-state index contributed by atoms with van der Waals surface area (Å²) in [5.41, 5.74) is 0.0854. The van der Waals surface area contributed by atoms with Gasteiger partial charge in [0.05, 0.1) is 17.2 Å². The molecule has 0 amide bonds. The van der Waals surface area contributed by atoms with Crippen LogP contribution < -0.4 is 4.74 Å². The summed E-state index contributed by atoms with van der Waals surface area (Å²) in [5, 5.41) is 19.1. The van der Waals surface area contributed by atoms with E-state index in [4.69, 9.17) is 10.00 Å². The minimum absolute atomic E-state index is 0.0238. The molecule has 0 spiro atoms. The van der Waals surface area contributed by atoms with Crippen molar-refractivity contribution in [1.29, 1.82) is 5.26 Å². The topological polar surface area (TPSA) is 56.5 Å². The van der Waals surface area contributed by atoms with Crippen LogP contribution in [0.25, 0.3) is 0 Å². The van der Waals surface area contributed by atoms with Crippen LogP contribution in [0.1, 0.15) is 29.5 Å². The van der Waals surface area contributed by atoms with Gasteiger partial charge in [0.25, 0.3) is 0 Å². The summed E-state index contributed by atoms with van der Waals surface area (Å²) in [5.74, 6) is 0.526.